The number of hydrogen-bond acceptors (Lipinski definition) is 2. The Labute approximate surface area is 70.9 Å². The minimum atomic E-state index is -1.83. The Morgan fingerprint density at radius 3 is 1.62 bits per heavy atom. The molecule has 0 aliphatic heterocycles. The van der Waals surface area contributed by atoms with Crippen LogP contribution in [0.2, 0.25) is 0 Å². The van der Waals surface area contributed by atoms with Crippen LogP contribution in [0, 0.1) is 0 Å². The summed E-state index contributed by atoms with van der Waals surface area (Å²) in [6.07, 6.45) is -1.83. The van der Waals surface area contributed by atoms with Crippen LogP contribution >= 0.6 is 0 Å². The second-order valence-electron chi connectivity index (χ2n) is 0.599. The van der Waals surface area contributed by atoms with Crippen molar-refractivity contribution in [3.8, 4) is 0 Å². The molecular formula is C3H9NaO4. The average Bonchev–Trinajstić information content (AvgIpc) is 1.33. The summed E-state index contributed by atoms with van der Waals surface area (Å²) in [5, 5.41) is 21.5. The second-order valence-corrected chi connectivity index (χ2v) is 0.599. The molecule has 0 rings (SSSR count). The van der Waals surface area contributed by atoms with Crippen molar-refractivity contribution >= 4 is 6.16 Å². The topological polar surface area (TPSA) is 77.8 Å². The largest absolute Gasteiger partial charge is 1.00 e. The summed E-state index contributed by atoms with van der Waals surface area (Å²) in [5.41, 5.74) is 0. The molecule has 0 bridgehead atoms. The Hall–Kier alpha value is 0.230. The van der Waals surface area contributed by atoms with Crippen molar-refractivity contribution < 1.29 is 51.1 Å². The van der Waals surface area contributed by atoms with Crippen LogP contribution in [0.5, 0.6) is 0 Å². The van der Waals surface area contributed by atoms with Crippen molar-refractivity contribution in [1.29, 1.82) is 0 Å². The van der Waals surface area contributed by atoms with Gasteiger partial charge in [0.05, 0.1) is 0 Å². The fourth-order valence-electron chi connectivity index (χ4n) is 0. The van der Waals surface area contributed by atoms with Gasteiger partial charge in [0.2, 0.25) is 0 Å². The smallest absolute Gasteiger partial charge is 1.00 e. The first-order valence-corrected chi connectivity index (χ1v) is 1.67. The minimum absolute atomic E-state index is 0. The number of carbonyl (C=O) groups is 1. The standard InChI is InChI=1S/C2H6O.CH2O3.Na.H/c1-2-3;2-1(3)4;;/h3H,2H2,1H3;(H2,2,3,4);;/q;;+1;-1. The molecule has 0 spiro atoms. The summed E-state index contributed by atoms with van der Waals surface area (Å²) in [6.45, 7) is 1.93. The Morgan fingerprint density at radius 2 is 1.62 bits per heavy atom. The maximum atomic E-state index is 8.56. The summed E-state index contributed by atoms with van der Waals surface area (Å²) >= 11 is 0. The summed E-state index contributed by atoms with van der Waals surface area (Å²) in [6, 6.07) is 0. The normalized spacial score (nSPS) is 5.25. The maximum Gasteiger partial charge on any atom is 1.00 e. The first-order chi connectivity index (χ1) is 3.15. The van der Waals surface area contributed by atoms with Crippen molar-refractivity contribution in [2.45, 2.75) is 6.92 Å². The van der Waals surface area contributed by atoms with Crippen LogP contribution in [0.4, 0.5) is 4.79 Å². The van der Waals surface area contributed by atoms with Gasteiger partial charge in [-0.25, -0.2) is 4.79 Å². The monoisotopic (exact) mass is 132 g/mol. The molecule has 0 aliphatic rings. The van der Waals surface area contributed by atoms with Gasteiger partial charge in [-0.15, -0.1) is 0 Å². The molecule has 8 heavy (non-hydrogen) atoms. The zero-order chi connectivity index (χ0) is 6.28. The molecule has 46 valence electrons. The van der Waals surface area contributed by atoms with Crippen LogP contribution in [0.3, 0.4) is 0 Å². The van der Waals surface area contributed by atoms with Crippen LogP contribution in [0.25, 0.3) is 0 Å². The van der Waals surface area contributed by atoms with E-state index in [-0.39, 0.29) is 37.6 Å². The molecule has 0 fully saturated rings. The third kappa shape index (κ3) is 3220. The minimum Gasteiger partial charge on any atom is -1.00 e. The van der Waals surface area contributed by atoms with Crippen molar-refractivity contribution in [3.05, 3.63) is 0 Å². The van der Waals surface area contributed by atoms with Gasteiger partial charge in [0.25, 0.3) is 0 Å². The van der Waals surface area contributed by atoms with E-state index in [2.05, 4.69) is 0 Å². The molecule has 0 amide bonds. The second kappa shape index (κ2) is 15.7. The number of carboxylic acid groups (broad SMARTS) is 2. The third-order valence-corrected chi connectivity index (χ3v) is 0. The number of hydrogen-bond donors (Lipinski definition) is 3. The molecule has 0 saturated carbocycles. The first kappa shape index (κ1) is 15.7. The Morgan fingerprint density at radius 1 is 1.62 bits per heavy atom. The van der Waals surface area contributed by atoms with E-state index in [4.69, 9.17) is 20.1 Å². The number of rotatable bonds is 0. The van der Waals surface area contributed by atoms with Gasteiger partial charge >= 0.3 is 35.7 Å². The van der Waals surface area contributed by atoms with Gasteiger partial charge in [-0.3, -0.25) is 0 Å². The van der Waals surface area contributed by atoms with Gasteiger partial charge in [-0.05, 0) is 6.92 Å². The Balaban J connectivity index is -0.0000000233. The zero-order valence-electron chi connectivity index (χ0n) is 5.96. The van der Waals surface area contributed by atoms with Crippen molar-refractivity contribution in [3.63, 3.8) is 0 Å². The molecule has 0 aromatic rings. The SMILES string of the molecule is CCO.O=C(O)O.[H-].[Na+]. The van der Waals surface area contributed by atoms with Gasteiger partial charge in [0.1, 0.15) is 0 Å². The van der Waals surface area contributed by atoms with E-state index in [1.165, 1.54) is 0 Å². The predicted octanol–water partition coefficient (Wildman–Crippen LogP) is -2.66. The molecule has 0 radical (unpaired) electrons. The van der Waals surface area contributed by atoms with E-state index in [9.17, 15) is 0 Å². The molecule has 0 unspecified atom stereocenters. The molecule has 0 heterocycles. The molecule has 0 atom stereocenters. The van der Waals surface area contributed by atoms with Crippen LogP contribution < -0.4 is 29.6 Å². The Bertz CT molecular complexity index is 47.1. The number of aliphatic hydroxyl groups is 1. The van der Waals surface area contributed by atoms with Gasteiger partial charge in [0, 0.05) is 6.61 Å². The molecule has 0 aliphatic carbocycles. The van der Waals surface area contributed by atoms with E-state index in [1.54, 1.807) is 6.92 Å². The van der Waals surface area contributed by atoms with Crippen LogP contribution in [0.1, 0.15) is 8.35 Å². The third-order valence-electron chi connectivity index (χ3n) is 0. The predicted molar refractivity (Wildman–Crippen MR) is 24.5 cm³/mol. The van der Waals surface area contributed by atoms with Gasteiger partial charge in [-0.2, -0.15) is 0 Å². The van der Waals surface area contributed by atoms with E-state index in [0.717, 1.165) is 0 Å². The quantitative estimate of drug-likeness (QED) is 0.314. The van der Waals surface area contributed by atoms with E-state index >= 15 is 0 Å². The van der Waals surface area contributed by atoms with Gasteiger partial charge < -0.3 is 16.7 Å². The molecule has 5 heteroatoms. The Kier molecular flexibility index (Phi) is 30.8. The summed E-state index contributed by atoms with van der Waals surface area (Å²) in [7, 11) is 0. The van der Waals surface area contributed by atoms with Crippen molar-refractivity contribution in [1.82, 2.24) is 0 Å². The fraction of sp³-hybridized carbons (Fsp3) is 0.667. The molecule has 0 aromatic heterocycles. The van der Waals surface area contributed by atoms with Gasteiger partial charge in [-0.1, -0.05) is 0 Å². The average molecular weight is 132 g/mol. The van der Waals surface area contributed by atoms with Crippen LogP contribution in [-0.2, 0) is 0 Å². The fourth-order valence-corrected chi connectivity index (χ4v) is 0. The molecule has 0 saturated heterocycles. The molecular weight excluding hydrogens is 123 g/mol. The summed E-state index contributed by atoms with van der Waals surface area (Å²) in [5.74, 6) is 0. The van der Waals surface area contributed by atoms with E-state index in [1.807, 2.05) is 0 Å². The molecule has 3 N–H and O–H groups in total. The summed E-state index contributed by atoms with van der Waals surface area (Å²) in [4.78, 5) is 8.56. The van der Waals surface area contributed by atoms with E-state index in [0.29, 0.717) is 0 Å². The maximum absolute atomic E-state index is 8.56. The summed E-state index contributed by atoms with van der Waals surface area (Å²) < 4.78 is 0. The van der Waals surface area contributed by atoms with Gasteiger partial charge in [0.15, 0.2) is 0 Å². The van der Waals surface area contributed by atoms with Crippen molar-refractivity contribution in [2.24, 2.45) is 0 Å². The van der Waals surface area contributed by atoms with E-state index < -0.39 is 6.16 Å². The van der Waals surface area contributed by atoms with Crippen LogP contribution in [0.15, 0.2) is 0 Å². The first-order valence-electron chi connectivity index (χ1n) is 1.67. The van der Waals surface area contributed by atoms with Crippen LogP contribution in [-0.4, -0.2) is 28.1 Å². The zero-order valence-corrected chi connectivity index (χ0v) is 6.96. The van der Waals surface area contributed by atoms with Crippen molar-refractivity contribution in [2.75, 3.05) is 6.61 Å². The molecule has 4 nitrogen and oxygen atoms in total. The number of aliphatic hydroxyl groups excluding tert-OH is 1. The molecule has 0 aromatic carbocycles.